The third-order valence-electron chi connectivity index (χ3n) is 3.42. The number of nitrogen functional groups attached to an aromatic ring is 1. The van der Waals surface area contributed by atoms with Crippen molar-refractivity contribution in [3.63, 3.8) is 0 Å². The molecule has 0 aliphatic heterocycles. The molecule has 0 aromatic heterocycles. The SMILES string of the molecule is N#C/C(=C/N(c1ccccc1)c1ccc(N)cc1)C(=O)NCCCCl. The highest BCUT2D eigenvalue weighted by Gasteiger charge is 2.13. The van der Waals surface area contributed by atoms with Gasteiger partial charge >= 0.3 is 0 Å². The summed E-state index contributed by atoms with van der Waals surface area (Å²) >= 11 is 5.61. The van der Waals surface area contributed by atoms with Gasteiger partial charge in [0.1, 0.15) is 11.6 Å². The molecule has 2 aromatic carbocycles. The standard InChI is InChI=1S/C19H19ClN4O/c20-11-4-12-23-19(25)15(13-21)14-24(17-5-2-1-3-6-17)18-9-7-16(22)8-10-18/h1-3,5-10,14H,4,11-12,22H2,(H,23,25)/b15-14-. The molecule has 1 amide bonds. The Labute approximate surface area is 152 Å². The Hall–Kier alpha value is -2.97. The summed E-state index contributed by atoms with van der Waals surface area (Å²) in [6.07, 6.45) is 2.17. The monoisotopic (exact) mass is 354 g/mol. The number of alkyl halides is 1. The van der Waals surface area contributed by atoms with Crippen LogP contribution in [0.1, 0.15) is 6.42 Å². The van der Waals surface area contributed by atoms with Crippen molar-refractivity contribution in [3.8, 4) is 6.07 Å². The highest BCUT2D eigenvalue weighted by Crippen LogP contribution is 2.27. The lowest BCUT2D eigenvalue weighted by atomic mass is 10.2. The number of carbonyl (C=O) groups excluding carboxylic acids is 1. The molecule has 0 unspecified atom stereocenters. The number of nitrogens with two attached hydrogens (primary N) is 1. The van der Waals surface area contributed by atoms with E-state index in [-0.39, 0.29) is 5.57 Å². The van der Waals surface area contributed by atoms with E-state index in [1.807, 2.05) is 48.5 Å². The number of nitrogens with zero attached hydrogens (tertiary/aromatic N) is 2. The summed E-state index contributed by atoms with van der Waals surface area (Å²) in [4.78, 5) is 14.0. The van der Waals surface area contributed by atoms with Gasteiger partial charge in [-0.1, -0.05) is 18.2 Å². The number of carbonyl (C=O) groups is 1. The Morgan fingerprint density at radius 3 is 2.40 bits per heavy atom. The zero-order valence-corrected chi connectivity index (χ0v) is 14.4. The number of halogens is 1. The molecule has 6 heteroatoms. The van der Waals surface area contributed by atoms with Crippen LogP contribution in [0.5, 0.6) is 0 Å². The summed E-state index contributed by atoms with van der Waals surface area (Å²) in [5.41, 5.74) is 8.02. The van der Waals surface area contributed by atoms with Gasteiger partial charge in [-0.2, -0.15) is 5.26 Å². The Morgan fingerprint density at radius 2 is 1.80 bits per heavy atom. The highest BCUT2D eigenvalue weighted by molar-refractivity contribution is 6.17. The lowest BCUT2D eigenvalue weighted by Gasteiger charge is -2.21. The van der Waals surface area contributed by atoms with Gasteiger partial charge in [-0.25, -0.2) is 0 Å². The molecule has 2 aromatic rings. The minimum Gasteiger partial charge on any atom is -0.399 e. The molecular formula is C19H19ClN4O. The smallest absolute Gasteiger partial charge is 0.263 e. The maximum Gasteiger partial charge on any atom is 0.263 e. The van der Waals surface area contributed by atoms with Crippen molar-refractivity contribution in [2.45, 2.75) is 6.42 Å². The molecular weight excluding hydrogens is 336 g/mol. The van der Waals surface area contributed by atoms with Crippen LogP contribution >= 0.6 is 11.6 Å². The van der Waals surface area contributed by atoms with Gasteiger partial charge in [0.25, 0.3) is 5.91 Å². The van der Waals surface area contributed by atoms with Crippen molar-refractivity contribution >= 4 is 34.6 Å². The molecule has 0 saturated heterocycles. The van der Waals surface area contributed by atoms with Crippen LogP contribution in [0.25, 0.3) is 0 Å². The van der Waals surface area contributed by atoms with Crippen molar-refractivity contribution in [3.05, 3.63) is 66.4 Å². The first-order valence-corrected chi connectivity index (χ1v) is 8.35. The van der Waals surface area contributed by atoms with E-state index in [0.717, 1.165) is 11.4 Å². The number of para-hydroxylation sites is 1. The summed E-state index contributed by atoms with van der Waals surface area (Å²) in [5, 5.41) is 12.1. The molecule has 0 atom stereocenters. The van der Waals surface area contributed by atoms with Gasteiger partial charge in [0, 0.05) is 35.7 Å². The van der Waals surface area contributed by atoms with E-state index >= 15 is 0 Å². The van der Waals surface area contributed by atoms with Crippen molar-refractivity contribution in [2.75, 3.05) is 23.1 Å². The lowest BCUT2D eigenvalue weighted by Crippen LogP contribution is -2.27. The molecule has 2 rings (SSSR count). The van der Waals surface area contributed by atoms with Gasteiger partial charge < -0.3 is 16.0 Å². The molecule has 128 valence electrons. The Balaban J connectivity index is 2.36. The summed E-state index contributed by atoms with van der Waals surface area (Å²) < 4.78 is 0. The Bertz CT molecular complexity index is 766. The summed E-state index contributed by atoms with van der Waals surface area (Å²) in [6.45, 7) is 0.425. The highest BCUT2D eigenvalue weighted by atomic mass is 35.5. The van der Waals surface area contributed by atoms with Gasteiger partial charge in [0.2, 0.25) is 0 Å². The second-order valence-electron chi connectivity index (χ2n) is 5.25. The van der Waals surface area contributed by atoms with Gasteiger partial charge in [-0.15, -0.1) is 11.6 Å². The summed E-state index contributed by atoms with van der Waals surface area (Å²) in [5.74, 6) is 0.0250. The molecule has 0 fully saturated rings. The zero-order chi connectivity index (χ0) is 18.1. The van der Waals surface area contributed by atoms with E-state index in [0.29, 0.717) is 24.5 Å². The van der Waals surface area contributed by atoms with Gasteiger partial charge in [-0.05, 0) is 42.8 Å². The molecule has 3 N–H and O–H groups in total. The van der Waals surface area contributed by atoms with E-state index in [1.54, 1.807) is 17.0 Å². The van der Waals surface area contributed by atoms with Crippen molar-refractivity contribution < 1.29 is 4.79 Å². The number of benzene rings is 2. The van der Waals surface area contributed by atoms with Gasteiger partial charge in [-0.3, -0.25) is 4.79 Å². The minimum atomic E-state index is -0.427. The fourth-order valence-corrected chi connectivity index (χ4v) is 2.29. The number of nitriles is 1. The normalized spacial score (nSPS) is 10.8. The quantitative estimate of drug-likeness (QED) is 0.262. The van der Waals surface area contributed by atoms with Crippen LogP contribution in [0.4, 0.5) is 17.1 Å². The third kappa shape index (κ3) is 5.27. The Kier molecular flexibility index (Phi) is 6.87. The first-order valence-electron chi connectivity index (χ1n) is 7.81. The van der Waals surface area contributed by atoms with Crippen LogP contribution < -0.4 is 16.0 Å². The summed E-state index contributed by atoms with van der Waals surface area (Å²) in [7, 11) is 0. The molecule has 0 heterocycles. The second kappa shape index (κ2) is 9.36. The molecule has 0 saturated carbocycles. The topological polar surface area (TPSA) is 82.2 Å². The molecule has 0 bridgehead atoms. The van der Waals surface area contributed by atoms with Crippen molar-refractivity contribution in [1.82, 2.24) is 5.32 Å². The van der Waals surface area contributed by atoms with Crippen LogP contribution in [0.2, 0.25) is 0 Å². The molecule has 5 nitrogen and oxygen atoms in total. The lowest BCUT2D eigenvalue weighted by molar-refractivity contribution is -0.117. The number of amides is 1. The average Bonchev–Trinajstić information content (AvgIpc) is 2.64. The predicted molar refractivity (Wildman–Crippen MR) is 101 cm³/mol. The largest absolute Gasteiger partial charge is 0.399 e. The number of anilines is 3. The molecule has 0 aliphatic rings. The minimum absolute atomic E-state index is 0.00949. The van der Waals surface area contributed by atoms with Crippen LogP contribution in [-0.2, 0) is 4.79 Å². The molecule has 25 heavy (non-hydrogen) atoms. The zero-order valence-electron chi connectivity index (χ0n) is 13.7. The third-order valence-corrected chi connectivity index (χ3v) is 3.69. The van der Waals surface area contributed by atoms with E-state index < -0.39 is 5.91 Å². The maximum atomic E-state index is 12.2. The van der Waals surface area contributed by atoms with Gasteiger partial charge in [0.15, 0.2) is 0 Å². The van der Waals surface area contributed by atoms with Crippen LogP contribution in [-0.4, -0.2) is 18.3 Å². The predicted octanol–water partition coefficient (Wildman–Crippen LogP) is 3.56. The maximum absolute atomic E-state index is 12.2. The average molecular weight is 355 g/mol. The number of nitrogens with one attached hydrogen (secondary N) is 1. The van der Waals surface area contributed by atoms with Gasteiger partial charge in [0.05, 0.1) is 0 Å². The molecule has 0 spiro atoms. The van der Waals surface area contributed by atoms with Crippen LogP contribution in [0.15, 0.2) is 66.4 Å². The number of hydrogen-bond donors (Lipinski definition) is 2. The van der Waals surface area contributed by atoms with E-state index in [2.05, 4.69) is 5.32 Å². The fraction of sp³-hybridized carbons (Fsp3) is 0.158. The van der Waals surface area contributed by atoms with E-state index in [4.69, 9.17) is 17.3 Å². The molecule has 0 radical (unpaired) electrons. The first kappa shape index (κ1) is 18.4. The fourth-order valence-electron chi connectivity index (χ4n) is 2.15. The van der Waals surface area contributed by atoms with E-state index in [1.165, 1.54) is 6.20 Å². The number of hydrogen-bond acceptors (Lipinski definition) is 4. The van der Waals surface area contributed by atoms with Crippen molar-refractivity contribution in [1.29, 1.82) is 5.26 Å². The second-order valence-corrected chi connectivity index (χ2v) is 5.63. The molecule has 0 aliphatic carbocycles. The first-order chi connectivity index (χ1) is 12.2. The van der Waals surface area contributed by atoms with Crippen molar-refractivity contribution in [2.24, 2.45) is 0 Å². The number of rotatable bonds is 7. The summed E-state index contributed by atoms with van der Waals surface area (Å²) in [6, 6.07) is 18.6. The van der Waals surface area contributed by atoms with E-state index in [9.17, 15) is 10.1 Å². The Morgan fingerprint density at radius 1 is 1.16 bits per heavy atom. The van der Waals surface area contributed by atoms with Crippen LogP contribution in [0.3, 0.4) is 0 Å². The van der Waals surface area contributed by atoms with Crippen LogP contribution in [0, 0.1) is 11.3 Å².